The molecule has 1 amide bonds. The summed E-state index contributed by atoms with van der Waals surface area (Å²) in [5.74, 6) is 0.786. The second kappa shape index (κ2) is 7.26. The summed E-state index contributed by atoms with van der Waals surface area (Å²) in [4.78, 5) is 17.4. The van der Waals surface area contributed by atoms with E-state index in [0.717, 1.165) is 37.1 Å². The molecule has 0 radical (unpaired) electrons. The van der Waals surface area contributed by atoms with Crippen molar-refractivity contribution >= 4 is 5.91 Å². The van der Waals surface area contributed by atoms with Crippen molar-refractivity contribution in [3.8, 4) is 5.75 Å². The number of nitrogens with one attached hydrogen (secondary N) is 1. The highest BCUT2D eigenvalue weighted by Gasteiger charge is 2.31. The lowest BCUT2D eigenvalue weighted by Crippen LogP contribution is -2.47. The first-order chi connectivity index (χ1) is 12.0. The molecule has 2 aromatic rings. The zero-order valence-electron chi connectivity index (χ0n) is 15.2. The summed E-state index contributed by atoms with van der Waals surface area (Å²) in [5, 5.41) is 3.23. The van der Waals surface area contributed by atoms with Crippen molar-refractivity contribution in [2.75, 3.05) is 7.11 Å². The van der Waals surface area contributed by atoms with Gasteiger partial charge in [-0.15, -0.1) is 0 Å². The maximum absolute atomic E-state index is 12.9. The van der Waals surface area contributed by atoms with Gasteiger partial charge in [-0.05, 0) is 68.9 Å². The largest absolute Gasteiger partial charge is 0.497 e. The Morgan fingerprint density at radius 3 is 2.76 bits per heavy atom. The summed E-state index contributed by atoms with van der Waals surface area (Å²) >= 11 is 0. The third-order valence-electron chi connectivity index (χ3n) is 4.78. The van der Waals surface area contributed by atoms with E-state index in [9.17, 15) is 4.79 Å². The van der Waals surface area contributed by atoms with Crippen LogP contribution in [0.3, 0.4) is 0 Å². The van der Waals surface area contributed by atoms with Crippen LogP contribution >= 0.6 is 0 Å². The Balaban J connectivity index is 1.69. The Morgan fingerprint density at radius 2 is 2.04 bits per heavy atom. The number of fused-ring (bicyclic) bond motifs is 1. The quantitative estimate of drug-likeness (QED) is 0.905. The second-order valence-electron chi connectivity index (χ2n) is 7.39. The predicted octanol–water partition coefficient (Wildman–Crippen LogP) is 3.65. The van der Waals surface area contributed by atoms with Crippen LogP contribution in [-0.2, 0) is 17.6 Å². The van der Waals surface area contributed by atoms with Gasteiger partial charge in [0.2, 0.25) is 5.91 Å². The van der Waals surface area contributed by atoms with Crippen molar-refractivity contribution in [2.45, 2.75) is 51.0 Å². The minimum Gasteiger partial charge on any atom is -0.497 e. The van der Waals surface area contributed by atoms with Gasteiger partial charge in [-0.1, -0.05) is 18.2 Å². The number of carbonyl (C=O) groups excluding carboxylic acids is 1. The summed E-state index contributed by atoms with van der Waals surface area (Å²) in [5.41, 5.74) is 3.01. The zero-order valence-corrected chi connectivity index (χ0v) is 15.2. The fourth-order valence-electron chi connectivity index (χ4n) is 3.58. The van der Waals surface area contributed by atoms with E-state index in [2.05, 4.69) is 30.2 Å². The molecular weight excluding hydrogens is 312 g/mol. The zero-order chi connectivity index (χ0) is 17.9. The number of nitrogens with zero attached hydrogens (tertiary/aromatic N) is 1. The van der Waals surface area contributed by atoms with Gasteiger partial charge in [0.1, 0.15) is 5.75 Å². The molecule has 1 aliphatic carbocycles. The van der Waals surface area contributed by atoms with E-state index in [0.29, 0.717) is 0 Å². The first-order valence-corrected chi connectivity index (χ1v) is 8.87. The fourth-order valence-corrected chi connectivity index (χ4v) is 3.58. The standard InChI is InChI=1S/C21H26N2O2/c1-21(2,14-15-9-11-17(25-3)12-10-15)23-20(24)18-8-4-6-16-7-5-13-22-19(16)18/h5,7,9-13,18H,4,6,8,14H2,1-3H3,(H,23,24). The van der Waals surface area contributed by atoms with Gasteiger partial charge in [0, 0.05) is 11.7 Å². The van der Waals surface area contributed by atoms with Gasteiger partial charge in [-0.3, -0.25) is 9.78 Å². The molecule has 1 atom stereocenters. The lowest BCUT2D eigenvalue weighted by atomic mass is 9.85. The van der Waals surface area contributed by atoms with Crippen molar-refractivity contribution < 1.29 is 9.53 Å². The van der Waals surface area contributed by atoms with Crippen LogP contribution in [0.15, 0.2) is 42.6 Å². The highest BCUT2D eigenvalue weighted by atomic mass is 16.5. The number of aromatic nitrogens is 1. The fraction of sp³-hybridized carbons (Fsp3) is 0.429. The Hall–Kier alpha value is -2.36. The average Bonchev–Trinajstić information content (AvgIpc) is 2.61. The highest BCUT2D eigenvalue weighted by molar-refractivity contribution is 5.84. The van der Waals surface area contributed by atoms with Crippen LogP contribution in [0.4, 0.5) is 0 Å². The maximum Gasteiger partial charge on any atom is 0.229 e. The molecule has 25 heavy (non-hydrogen) atoms. The van der Waals surface area contributed by atoms with E-state index in [1.54, 1.807) is 13.3 Å². The molecule has 1 unspecified atom stereocenters. The first-order valence-electron chi connectivity index (χ1n) is 8.87. The monoisotopic (exact) mass is 338 g/mol. The van der Waals surface area contributed by atoms with Crippen LogP contribution < -0.4 is 10.1 Å². The third-order valence-corrected chi connectivity index (χ3v) is 4.78. The van der Waals surface area contributed by atoms with Gasteiger partial charge in [0.25, 0.3) is 0 Å². The van der Waals surface area contributed by atoms with Gasteiger partial charge in [0.05, 0.1) is 18.7 Å². The van der Waals surface area contributed by atoms with Crippen molar-refractivity contribution in [3.63, 3.8) is 0 Å². The van der Waals surface area contributed by atoms with Gasteiger partial charge in [-0.25, -0.2) is 0 Å². The van der Waals surface area contributed by atoms with Gasteiger partial charge in [-0.2, -0.15) is 0 Å². The number of methoxy groups -OCH3 is 1. The molecule has 0 aliphatic heterocycles. The van der Waals surface area contributed by atoms with Crippen LogP contribution in [0.5, 0.6) is 5.75 Å². The van der Waals surface area contributed by atoms with Gasteiger partial charge < -0.3 is 10.1 Å². The number of hydrogen-bond acceptors (Lipinski definition) is 3. The predicted molar refractivity (Wildman–Crippen MR) is 98.8 cm³/mol. The normalized spacial score (nSPS) is 16.8. The average molecular weight is 338 g/mol. The molecule has 1 aromatic carbocycles. The molecule has 0 saturated heterocycles. The van der Waals surface area contributed by atoms with E-state index in [1.165, 1.54) is 11.1 Å². The van der Waals surface area contributed by atoms with Crippen LogP contribution in [-0.4, -0.2) is 23.5 Å². The molecule has 1 aromatic heterocycles. The topological polar surface area (TPSA) is 51.2 Å². The number of rotatable bonds is 5. The maximum atomic E-state index is 12.9. The number of pyridine rings is 1. The van der Waals surface area contributed by atoms with E-state index < -0.39 is 0 Å². The molecule has 0 spiro atoms. The van der Waals surface area contributed by atoms with Gasteiger partial charge >= 0.3 is 0 Å². The van der Waals surface area contributed by atoms with E-state index in [1.807, 2.05) is 30.3 Å². The highest BCUT2D eigenvalue weighted by Crippen LogP contribution is 2.30. The Kier molecular flexibility index (Phi) is 5.07. The van der Waals surface area contributed by atoms with Crippen molar-refractivity contribution in [2.24, 2.45) is 0 Å². The SMILES string of the molecule is COc1ccc(CC(C)(C)NC(=O)C2CCCc3cccnc32)cc1. The molecule has 1 aliphatic rings. The third kappa shape index (κ3) is 4.19. The Morgan fingerprint density at radius 1 is 1.28 bits per heavy atom. The Bertz CT molecular complexity index is 738. The molecule has 1 heterocycles. The summed E-state index contributed by atoms with van der Waals surface area (Å²) in [6.07, 6.45) is 5.48. The second-order valence-corrected chi connectivity index (χ2v) is 7.39. The minimum absolute atomic E-state index is 0.0816. The molecular formula is C21H26N2O2. The summed E-state index contributed by atoms with van der Waals surface area (Å²) in [6.45, 7) is 4.13. The Labute approximate surface area is 149 Å². The van der Waals surface area contributed by atoms with Crippen LogP contribution in [0.25, 0.3) is 0 Å². The van der Waals surface area contributed by atoms with Crippen molar-refractivity contribution in [3.05, 3.63) is 59.4 Å². The van der Waals surface area contributed by atoms with E-state index in [-0.39, 0.29) is 17.4 Å². The minimum atomic E-state index is -0.321. The van der Waals surface area contributed by atoms with E-state index in [4.69, 9.17) is 4.74 Å². The summed E-state index contributed by atoms with van der Waals surface area (Å²) in [6, 6.07) is 12.0. The number of amides is 1. The lowest BCUT2D eigenvalue weighted by Gasteiger charge is -2.31. The summed E-state index contributed by atoms with van der Waals surface area (Å²) in [7, 11) is 1.66. The number of ether oxygens (including phenoxy) is 1. The number of aryl methyl sites for hydroxylation is 1. The lowest BCUT2D eigenvalue weighted by molar-refractivity contribution is -0.124. The molecule has 0 fully saturated rings. The van der Waals surface area contributed by atoms with E-state index >= 15 is 0 Å². The molecule has 4 heteroatoms. The van der Waals surface area contributed by atoms with Crippen molar-refractivity contribution in [1.29, 1.82) is 0 Å². The van der Waals surface area contributed by atoms with Crippen LogP contribution in [0.1, 0.15) is 49.4 Å². The smallest absolute Gasteiger partial charge is 0.229 e. The molecule has 132 valence electrons. The number of hydrogen-bond donors (Lipinski definition) is 1. The number of carbonyl (C=O) groups is 1. The number of benzene rings is 1. The molecule has 1 N–H and O–H groups in total. The molecule has 4 nitrogen and oxygen atoms in total. The molecule has 3 rings (SSSR count). The van der Waals surface area contributed by atoms with Gasteiger partial charge in [0.15, 0.2) is 0 Å². The van der Waals surface area contributed by atoms with Crippen molar-refractivity contribution in [1.82, 2.24) is 10.3 Å². The van der Waals surface area contributed by atoms with Crippen LogP contribution in [0, 0.1) is 0 Å². The molecule has 0 bridgehead atoms. The first kappa shape index (κ1) is 17.5. The molecule has 0 saturated carbocycles. The summed E-state index contributed by atoms with van der Waals surface area (Å²) < 4.78 is 5.20. The van der Waals surface area contributed by atoms with Crippen LogP contribution in [0.2, 0.25) is 0 Å².